The quantitative estimate of drug-likeness (QED) is 0.639. The summed E-state index contributed by atoms with van der Waals surface area (Å²) in [5.41, 5.74) is 6.50. The van der Waals surface area contributed by atoms with Gasteiger partial charge in [0.1, 0.15) is 11.4 Å². The maximum atomic E-state index is 14.3. The Morgan fingerprint density at radius 1 is 1.54 bits per heavy atom. The van der Waals surface area contributed by atoms with E-state index in [0.29, 0.717) is 30.9 Å². The van der Waals surface area contributed by atoms with E-state index in [2.05, 4.69) is 16.5 Å². The van der Waals surface area contributed by atoms with Crippen LogP contribution < -0.4 is 16.5 Å². The molecule has 1 saturated heterocycles. The van der Waals surface area contributed by atoms with Gasteiger partial charge in [-0.25, -0.2) is 4.39 Å². The van der Waals surface area contributed by atoms with E-state index in [1.54, 1.807) is 6.07 Å². The summed E-state index contributed by atoms with van der Waals surface area (Å²) in [6.45, 7) is 0.857. The number of nitriles is 1. The lowest BCUT2D eigenvalue weighted by atomic mass is 9.79. The topological polar surface area (TPSA) is 135 Å². The number of primary amides is 1. The van der Waals surface area contributed by atoms with E-state index in [1.807, 2.05) is 0 Å². The fourth-order valence-corrected chi connectivity index (χ4v) is 3.50. The standard InChI is InChI=1S/C17H17BFN5O4/c19-13-4-11(3-10-7-28-18(26)15(10)13)22-17-12(16(21)25)6-24(23-17)14-8-27-2-1-9(14)5-20/h3-4,6,9,14,26H,1-2,7-8H2,(H2,21,25)(H,22,23)/t9?,14-/m0/s1. The molecule has 1 aromatic carbocycles. The number of carbonyl (C=O) groups is 1. The number of hydrogen-bond donors (Lipinski definition) is 3. The van der Waals surface area contributed by atoms with Gasteiger partial charge >= 0.3 is 7.12 Å². The minimum atomic E-state index is -1.29. The molecule has 0 aliphatic carbocycles. The average molecular weight is 385 g/mol. The molecule has 4 N–H and O–H groups in total. The zero-order chi connectivity index (χ0) is 19.8. The van der Waals surface area contributed by atoms with Crippen molar-refractivity contribution in [2.45, 2.75) is 19.1 Å². The van der Waals surface area contributed by atoms with Crippen LogP contribution in [0.3, 0.4) is 0 Å². The molecule has 1 aromatic heterocycles. The van der Waals surface area contributed by atoms with Crippen molar-refractivity contribution in [2.75, 3.05) is 18.5 Å². The Bertz CT molecular complexity index is 975. The Balaban J connectivity index is 1.67. The number of anilines is 2. The molecular formula is C17H17BFN5O4. The molecule has 1 amide bonds. The van der Waals surface area contributed by atoms with Crippen LogP contribution in [0.5, 0.6) is 0 Å². The molecule has 9 nitrogen and oxygen atoms in total. The second-order valence-corrected chi connectivity index (χ2v) is 6.72. The molecule has 4 rings (SSSR count). The molecule has 2 atom stereocenters. The first-order chi connectivity index (χ1) is 13.5. The third-order valence-corrected chi connectivity index (χ3v) is 4.95. The molecule has 2 aliphatic heterocycles. The van der Waals surface area contributed by atoms with Gasteiger partial charge < -0.3 is 25.5 Å². The van der Waals surface area contributed by atoms with E-state index in [9.17, 15) is 19.5 Å². The van der Waals surface area contributed by atoms with E-state index in [4.69, 9.17) is 15.1 Å². The number of ether oxygens (including phenoxy) is 1. The number of amides is 1. The molecule has 0 bridgehead atoms. The summed E-state index contributed by atoms with van der Waals surface area (Å²) in [5, 5.41) is 26.3. The summed E-state index contributed by atoms with van der Waals surface area (Å²) in [5.74, 6) is -1.50. The van der Waals surface area contributed by atoms with Gasteiger partial charge in [-0.3, -0.25) is 9.48 Å². The molecule has 0 spiro atoms. The van der Waals surface area contributed by atoms with Crippen molar-refractivity contribution in [2.24, 2.45) is 11.7 Å². The van der Waals surface area contributed by atoms with Gasteiger partial charge in [0.25, 0.3) is 5.91 Å². The van der Waals surface area contributed by atoms with Gasteiger partial charge in [0.2, 0.25) is 0 Å². The lowest BCUT2D eigenvalue weighted by molar-refractivity contribution is 0.0342. The van der Waals surface area contributed by atoms with Crippen LogP contribution in [0.1, 0.15) is 28.4 Å². The summed E-state index contributed by atoms with van der Waals surface area (Å²) in [6, 6.07) is 4.68. The van der Waals surface area contributed by atoms with Crippen LogP contribution >= 0.6 is 0 Å². The Kier molecular flexibility index (Phi) is 4.76. The van der Waals surface area contributed by atoms with E-state index < -0.39 is 18.8 Å². The fourth-order valence-electron chi connectivity index (χ4n) is 3.50. The second kappa shape index (κ2) is 7.24. The molecular weight excluding hydrogens is 368 g/mol. The third kappa shape index (κ3) is 3.22. The third-order valence-electron chi connectivity index (χ3n) is 4.95. The number of nitrogens with zero attached hydrogens (tertiary/aromatic N) is 3. The van der Waals surface area contributed by atoms with Crippen LogP contribution in [0.4, 0.5) is 15.9 Å². The monoisotopic (exact) mass is 385 g/mol. The first-order valence-electron chi connectivity index (χ1n) is 8.73. The Hall–Kier alpha value is -2.94. The van der Waals surface area contributed by atoms with Gasteiger partial charge in [-0.2, -0.15) is 10.4 Å². The Morgan fingerprint density at radius 2 is 2.36 bits per heavy atom. The van der Waals surface area contributed by atoms with Crippen LogP contribution in [-0.4, -0.2) is 41.0 Å². The molecule has 3 heterocycles. The number of fused-ring (bicyclic) bond motifs is 1. The SMILES string of the molecule is N#CC1CCOC[C@@H]1n1cc(C(N)=O)c(Nc2cc(F)c3c(c2)COB3O)n1. The van der Waals surface area contributed by atoms with E-state index in [0.717, 1.165) is 0 Å². The molecule has 0 saturated carbocycles. The number of hydrogen-bond acceptors (Lipinski definition) is 7. The van der Waals surface area contributed by atoms with E-state index in [-0.39, 0.29) is 35.4 Å². The lowest BCUT2D eigenvalue weighted by Crippen LogP contribution is -2.31. The van der Waals surface area contributed by atoms with Crippen LogP contribution in [0, 0.1) is 23.1 Å². The molecule has 2 aromatic rings. The fraction of sp³-hybridized carbons (Fsp3) is 0.353. The highest BCUT2D eigenvalue weighted by Gasteiger charge is 2.32. The smallest absolute Gasteiger partial charge is 0.423 e. The number of carbonyl (C=O) groups excluding carboxylic acids is 1. The van der Waals surface area contributed by atoms with Crippen LogP contribution in [0.2, 0.25) is 0 Å². The molecule has 11 heteroatoms. The highest BCUT2D eigenvalue weighted by molar-refractivity contribution is 6.61. The largest absolute Gasteiger partial charge is 0.494 e. The summed E-state index contributed by atoms with van der Waals surface area (Å²) in [4.78, 5) is 11.9. The van der Waals surface area contributed by atoms with Gasteiger partial charge in [-0.1, -0.05) is 0 Å². The van der Waals surface area contributed by atoms with E-state index in [1.165, 1.54) is 16.9 Å². The minimum Gasteiger partial charge on any atom is -0.423 e. The summed E-state index contributed by atoms with van der Waals surface area (Å²) < 4.78 is 26.3. The van der Waals surface area contributed by atoms with Crippen molar-refractivity contribution in [3.8, 4) is 6.07 Å². The van der Waals surface area contributed by atoms with Crippen molar-refractivity contribution in [1.82, 2.24) is 9.78 Å². The van der Waals surface area contributed by atoms with E-state index >= 15 is 0 Å². The zero-order valence-electron chi connectivity index (χ0n) is 14.8. The predicted molar refractivity (Wildman–Crippen MR) is 96.4 cm³/mol. The highest BCUT2D eigenvalue weighted by atomic mass is 19.1. The van der Waals surface area contributed by atoms with Crippen molar-refractivity contribution in [3.05, 3.63) is 35.3 Å². The van der Waals surface area contributed by atoms with Gasteiger partial charge in [0, 0.05) is 24.0 Å². The second-order valence-electron chi connectivity index (χ2n) is 6.72. The van der Waals surface area contributed by atoms with Crippen LogP contribution in [0.25, 0.3) is 0 Å². The predicted octanol–water partition coefficient (Wildman–Crippen LogP) is 0.184. The molecule has 1 fully saturated rings. The highest BCUT2D eigenvalue weighted by Crippen LogP contribution is 2.29. The molecule has 144 valence electrons. The first kappa shape index (κ1) is 18.4. The number of rotatable bonds is 4. The summed E-state index contributed by atoms with van der Waals surface area (Å²) in [6.07, 6.45) is 2.03. The number of benzene rings is 1. The molecule has 28 heavy (non-hydrogen) atoms. The lowest BCUT2D eigenvalue weighted by Gasteiger charge is -2.26. The normalized spacial score (nSPS) is 21.2. The molecule has 2 aliphatic rings. The number of aromatic nitrogens is 2. The van der Waals surface area contributed by atoms with Crippen molar-refractivity contribution in [1.29, 1.82) is 5.26 Å². The Labute approximate surface area is 160 Å². The van der Waals surface area contributed by atoms with Gasteiger partial charge in [0.15, 0.2) is 5.82 Å². The minimum absolute atomic E-state index is 0.0727. The average Bonchev–Trinajstić information content (AvgIpc) is 3.26. The maximum absolute atomic E-state index is 14.3. The van der Waals surface area contributed by atoms with Crippen molar-refractivity contribution >= 4 is 30.0 Å². The van der Waals surface area contributed by atoms with Gasteiger partial charge in [-0.05, 0) is 24.1 Å². The molecule has 1 unspecified atom stereocenters. The number of nitrogens with one attached hydrogen (secondary N) is 1. The maximum Gasteiger partial charge on any atom is 0.494 e. The van der Waals surface area contributed by atoms with Crippen molar-refractivity contribution < 1.29 is 23.6 Å². The summed E-state index contributed by atoms with van der Waals surface area (Å²) in [7, 11) is -1.29. The van der Waals surface area contributed by atoms with Gasteiger partial charge in [0.05, 0.1) is 31.2 Å². The Morgan fingerprint density at radius 3 is 3.11 bits per heavy atom. The van der Waals surface area contributed by atoms with Gasteiger partial charge in [-0.15, -0.1) is 0 Å². The van der Waals surface area contributed by atoms with Crippen LogP contribution in [-0.2, 0) is 16.0 Å². The zero-order valence-corrected chi connectivity index (χ0v) is 14.8. The number of halogens is 1. The van der Waals surface area contributed by atoms with Crippen molar-refractivity contribution in [3.63, 3.8) is 0 Å². The summed E-state index contributed by atoms with van der Waals surface area (Å²) >= 11 is 0. The first-order valence-corrected chi connectivity index (χ1v) is 8.73. The van der Waals surface area contributed by atoms with Crippen LogP contribution in [0.15, 0.2) is 18.3 Å². The molecule has 0 radical (unpaired) electrons. The number of nitrogens with two attached hydrogens (primary N) is 1.